The molecule has 1 aromatic carbocycles. The topological polar surface area (TPSA) is 91.0 Å². The molecule has 1 unspecified atom stereocenters. The Hall–Kier alpha value is -2.77. The minimum absolute atomic E-state index is 0.210. The number of nitrogens with one attached hydrogen (secondary N) is 2. The molecule has 2 aliphatic rings. The fourth-order valence-electron chi connectivity index (χ4n) is 4.38. The van der Waals surface area contributed by atoms with E-state index >= 15 is 0 Å². The highest BCUT2D eigenvalue weighted by molar-refractivity contribution is 6.38. The molecule has 0 saturated heterocycles. The molecule has 154 valence electrons. The number of fused-ring (bicyclic) bond motifs is 1. The number of carbonyl (C=O) groups is 2. The number of aryl methyl sites for hydroxylation is 1. The van der Waals surface area contributed by atoms with Crippen molar-refractivity contribution in [1.82, 2.24) is 20.1 Å². The van der Waals surface area contributed by atoms with Crippen LogP contribution in [0.2, 0.25) is 0 Å². The van der Waals surface area contributed by atoms with Gasteiger partial charge in [0.15, 0.2) is 5.82 Å². The summed E-state index contributed by atoms with van der Waals surface area (Å²) in [4.78, 5) is 32.2. The van der Waals surface area contributed by atoms with Crippen LogP contribution in [-0.4, -0.2) is 44.9 Å². The first-order valence-corrected chi connectivity index (χ1v) is 10.3. The van der Waals surface area contributed by atoms with E-state index in [0.717, 1.165) is 25.7 Å². The van der Waals surface area contributed by atoms with E-state index < -0.39 is 17.6 Å². The van der Waals surface area contributed by atoms with Crippen molar-refractivity contribution in [2.24, 2.45) is 5.92 Å². The zero-order chi connectivity index (χ0) is 20.4. The highest BCUT2D eigenvalue weighted by Crippen LogP contribution is 2.33. The molecule has 1 saturated carbocycles. The fraction of sp³-hybridized carbons (Fsp3) is 0.524. The Bertz CT molecular complexity index is 906. The number of hydrogen-bond donors (Lipinski definition) is 2. The van der Waals surface area contributed by atoms with Crippen LogP contribution in [0.25, 0.3) is 0 Å². The summed E-state index contributed by atoms with van der Waals surface area (Å²) in [6, 6.07) is 4.28. The molecular formula is C21H26FN5O2. The van der Waals surface area contributed by atoms with Crippen LogP contribution in [-0.2, 0) is 16.1 Å². The van der Waals surface area contributed by atoms with Gasteiger partial charge in [0.05, 0.1) is 12.5 Å². The molecule has 29 heavy (non-hydrogen) atoms. The van der Waals surface area contributed by atoms with Crippen LogP contribution in [0.5, 0.6) is 0 Å². The summed E-state index contributed by atoms with van der Waals surface area (Å²) < 4.78 is 13.5. The predicted octanol–water partition coefficient (Wildman–Crippen LogP) is 2.94. The van der Waals surface area contributed by atoms with Gasteiger partial charge in [0, 0.05) is 18.8 Å². The molecule has 0 spiro atoms. The van der Waals surface area contributed by atoms with Crippen molar-refractivity contribution in [3.63, 3.8) is 0 Å². The van der Waals surface area contributed by atoms with Gasteiger partial charge in [-0.1, -0.05) is 25.3 Å². The maximum Gasteiger partial charge on any atom is 0.291 e. The van der Waals surface area contributed by atoms with Gasteiger partial charge in [-0.05, 0) is 43.4 Å². The lowest BCUT2D eigenvalue weighted by atomic mass is 9.88. The summed E-state index contributed by atoms with van der Waals surface area (Å²) >= 11 is 0. The molecule has 2 aromatic rings. The molecule has 0 radical (unpaired) electrons. The Morgan fingerprint density at radius 3 is 2.76 bits per heavy atom. The average Bonchev–Trinajstić information content (AvgIpc) is 3.32. The standard InChI is InChI=1S/C21H26FN5O2/c1-13-24-19(26-25-13)12-27(11-14-5-3-2-4-6-14)21(29)20(28)17-10-23-18-9-15(22)7-8-16(17)18/h7-9,14,17,23H,2-6,10-12H2,1H3,(H,24,25,26). The molecule has 0 bridgehead atoms. The smallest absolute Gasteiger partial charge is 0.291 e. The molecule has 1 fully saturated rings. The second-order valence-electron chi connectivity index (χ2n) is 8.06. The summed E-state index contributed by atoms with van der Waals surface area (Å²) in [7, 11) is 0. The Labute approximate surface area is 169 Å². The van der Waals surface area contributed by atoms with E-state index in [1.165, 1.54) is 18.6 Å². The number of H-pyrrole nitrogens is 1. The van der Waals surface area contributed by atoms with Crippen LogP contribution in [0.15, 0.2) is 18.2 Å². The predicted molar refractivity (Wildman–Crippen MR) is 106 cm³/mol. The van der Waals surface area contributed by atoms with E-state index in [2.05, 4.69) is 20.5 Å². The van der Waals surface area contributed by atoms with Crippen LogP contribution in [0.3, 0.4) is 0 Å². The van der Waals surface area contributed by atoms with Gasteiger partial charge in [-0.3, -0.25) is 14.7 Å². The van der Waals surface area contributed by atoms with Gasteiger partial charge in [-0.15, -0.1) is 0 Å². The van der Waals surface area contributed by atoms with Crippen LogP contribution in [0.1, 0.15) is 55.2 Å². The minimum Gasteiger partial charge on any atom is -0.384 e. The number of aromatic nitrogens is 3. The van der Waals surface area contributed by atoms with Crippen molar-refractivity contribution in [3.8, 4) is 0 Å². The second kappa shape index (κ2) is 8.31. The molecule has 8 heteroatoms. The normalized spacial score (nSPS) is 18.9. The van der Waals surface area contributed by atoms with Gasteiger partial charge in [0.25, 0.3) is 5.91 Å². The number of nitrogens with zero attached hydrogens (tertiary/aromatic N) is 3. The van der Waals surface area contributed by atoms with Crippen LogP contribution in [0.4, 0.5) is 10.1 Å². The number of carbonyl (C=O) groups excluding carboxylic acids is 2. The Balaban J connectivity index is 1.53. The van der Waals surface area contributed by atoms with Crippen molar-refractivity contribution in [1.29, 1.82) is 0 Å². The molecule has 1 amide bonds. The van der Waals surface area contributed by atoms with E-state index in [4.69, 9.17) is 0 Å². The second-order valence-corrected chi connectivity index (χ2v) is 8.06. The summed E-state index contributed by atoms with van der Waals surface area (Å²) in [5.41, 5.74) is 1.26. The largest absolute Gasteiger partial charge is 0.384 e. The van der Waals surface area contributed by atoms with Gasteiger partial charge < -0.3 is 10.2 Å². The van der Waals surface area contributed by atoms with Gasteiger partial charge >= 0.3 is 0 Å². The molecule has 1 aliphatic carbocycles. The molecule has 4 rings (SSSR count). The van der Waals surface area contributed by atoms with E-state index in [9.17, 15) is 14.0 Å². The summed E-state index contributed by atoms with van der Waals surface area (Å²) in [6.07, 6.45) is 5.68. The number of anilines is 1. The number of Topliss-reactive ketones (excluding diaryl/α,β-unsaturated/α-hetero) is 1. The first-order valence-electron chi connectivity index (χ1n) is 10.3. The third kappa shape index (κ3) is 4.31. The number of halogens is 1. The maximum atomic E-state index is 13.5. The molecule has 2 N–H and O–H groups in total. The minimum atomic E-state index is -0.596. The molecule has 7 nitrogen and oxygen atoms in total. The SMILES string of the molecule is Cc1nc(CN(CC2CCCCC2)C(=O)C(=O)C2CNc3cc(F)ccc32)n[nH]1. The summed E-state index contributed by atoms with van der Waals surface area (Å²) in [5, 5.41) is 9.97. The number of amides is 1. The van der Waals surface area contributed by atoms with Crippen LogP contribution >= 0.6 is 0 Å². The first kappa shape index (κ1) is 19.5. The number of hydrogen-bond acceptors (Lipinski definition) is 5. The molecule has 2 heterocycles. The summed E-state index contributed by atoms with van der Waals surface area (Å²) in [6.45, 7) is 2.85. The number of benzene rings is 1. The quantitative estimate of drug-likeness (QED) is 0.729. The molecule has 1 aromatic heterocycles. The monoisotopic (exact) mass is 399 g/mol. The van der Waals surface area contributed by atoms with Crippen molar-refractivity contribution in [3.05, 3.63) is 41.2 Å². The van der Waals surface area contributed by atoms with E-state index in [1.807, 2.05) is 0 Å². The molecular weight excluding hydrogens is 373 g/mol. The number of aromatic amines is 1. The Kier molecular flexibility index (Phi) is 5.60. The highest BCUT2D eigenvalue weighted by Gasteiger charge is 2.36. The lowest BCUT2D eigenvalue weighted by Crippen LogP contribution is -2.42. The van der Waals surface area contributed by atoms with Crippen molar-refractivity contribution >= 4 is 17.4 Å². The van der Waals surface area contributed by atoms with E-state index in [0.29, 0.717) is 41.9 Å². The maximum absolute atomic E-state index is 13.5. The molecule has 1 atom stereocenters. The van der Waals surface area contributed by atoms with Crippen molar-refractivity contribution < 1.29 is 14.0 Å². The average molecular weight is 399 g/mol. The summed E-state index contributed by atoms with van der Waals surface area (Å²) in [5.74, 6) is -0.370. The third-order valence-electron chi connectivity index (χ3n) is 5.88. The van der Waals surface area contributed by atoms with Crippen LogP contribution < -0.4 is 5.32 Å². The lowest BCUT2D eigenvalue weighted by molar-refractivity contribution is -0.146. The van der Waals surface area contributed by atoms with E-state index in [1.54, 1.807) is 17.9 Å². The van der Waals surface area contributed by atoms with E-state index in [-0.39, 0.29) is 12.4 Å². The molecule has 1 aliphatic heterocycles. The zero-order valence-electron chi connectivity index (χ0n) is 16.6. The Morgan fingerprint density at radius 1 is 1.24 bits per heavy atom. The van der Waals surface area contributed by atoms with Gasteiger partial charge in [-0.2, -0.15) is 5.10 Å². The number of ketones is 1. The van der Waals surface area contributed by atoms with Gasteiger partial charge in [0.2, 0.25) is 5.78 Å². The van der Waals surface area contributed by atoms with Crippen LogP contribution in [0, 0.1) is 18.7 Å². The third-order valence-corrected chi connectivity index (χ3v) is 5.88. The fourth-order valence-corrected chi connectivity index (χ4v) is 4.38. The van der Waals surface area contributed by atoms with Gasteiger partial charge in [0.1, 0.15) is 11.6 Å². The first-order chi connectivity index (χ1) is 14.0. The van der Waals surface area contributed by atoms with Crippen molar-refractivity contribution in [2.75, 3.05) is 18.4 Å². The zero-order valence-corrected chi connectivity index (χ0v) is 16.6. The number of rotatable bonds is 6. The van der Waals surface area contributed by atoms with Gasteiger partial charge in [-0.25, -0.2) is 9.37 Å². The Morgan fingerprint density at radius 2 is 2.03 bits per heavy atom. The highest BCUT2D eigenvalue weighted by atomic mass is 19.1. The lowest BCUT2D eigenvalue weighted by Gasteiger charge is -2.29. The van der Waals surface area contributed by atoms with Crippen molar-refractivity contribution in [2.45, 2.75) is 51.5 Å².